The van der Waals surface area contributed by atoms with Crippen molar-refractivity contribution < 1.29 is 16.5 Å². The third-order valence-electron chi connectivity index (χ3n) is 7.80. The van der Waals surface area contributed by atoms with Gasteiger partial charge in [-0.1, -0.05) is 61.6 Å². The van der Waals surface area contributed by atoms with Gasteiger partial charge in [-0.3, -0.25) is 0 Å². The smallest absolute Gasteiger partial charge is 0.202 e. The van der Waals surface area contributed by atoms with Crippen molar-refractivity contribution in [2.45, 2.75) is 102 Å². The molecule has 0 aromatic rings. The zero-order valence-electron chi connectivity index (χ0n) is 25.3. The van der Waals surface area contributed by atoms with Crippen LogP contribution in [0.25, 0.3) is 0 Å². The van der Waals surface area contributed by atoms with E-state index in [1.807, 2.05) is 0 Å². The second kappa shape index (κ2) is 13.3. The third kappa shape index (κ3) is 7.59. The van der Waals surface area contributed by atoms with E-state index in [4.69, 9.17) is 16.5 Å². The van der Waals surface area contributed by atoms with Gasteiger partial charge in [-0.25, -0.2) is 0 Å². The van der Waals surface area contributed by atoms with Crippen molar-refractivity contribution in [3.63, 3.8) is 0 Å². The molecule has 2 aliphatic rings. The quantitative estimate of drug-likeness (QED) is 0.245. The van der Waals surface area contributed by atoms with Crippen LogP contribution in [0.1, 0.15) is 12.8 Å². The molecule has 206 valence electrons. The first-order chi connectivity index (χ1) is 16.7. The Morgan fingerprint density at radius 3 is 1.14 bits per heavy atom. The third-order valence-corrected chi connectivity index (χ3v) is 32.5. The lowest BCUT2D eigenvalue weighted by Gasteiger charge is -2.38. The van der Waals surface area contributed by atoms with Crippen LogP contribution < -0.4 is 0 Å². The molecule has 36 heavy (non-hydrogen) atoms. The largest absolute Gasteiger partial charge is 0.460 e. The molecule has 0 spiro atoms. The van der Waals surface area contributed by atoms with E-state index in [0.717, 1.165) is 12.8 Å². The average molecular weight is 631 g/mol. The van der Waals surface area contributed by atoms with Crippen LogP contribution in [0.2, 0.25) is 89.6 Å². The average Bonchev–Trinajstić information content (AvgIpc) is 3.38. The molecular formula is C24H54O4Si8. The first-order valence-electron chi connectivity index (χ1n) is 14.1. The van der Waals surface area contributed by atoms with Crippen LogP contribution in [-0.2, 0) is 16.5 Å². The van der Waals surface area contributed by atoms with Gasteiger partial charge >= 0.3 is 0 Å². The normalized spacial score (nSPS) is 22.8. The summed E-state index contributed by atoms with van der Waals surface area (Å²) in [5.41, 5.74) is 4.03. The van der Waals surface area contributed by atoms with Gasteiger partial charge < -0.3 is 16.5 Å². The minimum Gasteiger partial charge on any atom is -0.460 e. The highest BCUT2D eigenvalue weighted by Gasteiger charge is 2.46. The lowest BCUT2D eigenvalue weighted by Crippen LogP contribution is -2.45. The van der Waals surface area contributed by atoms with Crippen LogP contribution in [0.5, 0.6) is 0 Å². The molecule has 0 amide bonds. The minimum absolute atomic E-state index is 0.434. The molecule has 0 heterocycles. The highest BCUT2D eigenvalue weighted by Crippen LogP contribution is 2.48. The lowest BCUT2D eigenvalue weighted by molar-refractivity contribution is 0.574. The van der Waals surface area contributed by atoms with Crippen molar-refractivity contribution in [1.29, 1.82) is 0 Å². The van der Waals surface area contributed by atoms with Gasteiger partial charge in [0.1, 0.15) is 39.1 Å². The van der Waals surface area contributed by atoms with Gasteiger partial charge in [0.15, 0.2) is 16.6 Å². The lowest BCUT2D eigenvalue weighted by atomic mass is 10.1. The van der Waals surface area contributed by atoms with E-state index in [-0.39, 0.29) is 0 Å². The van der Waals surface area contributed by atoms with Gasteiger partial charge in [0.25, 0.3) is 0 Å². The van der Waals surface area contributed by atoms with Crippen LogP contribution in [0, 0.1) is 0 Å². The van der Waals surface area contributed by atoms with Crippen molar-refractivity contribution in [2.75, 3.05) is 0 Å². The van der Waals surface area contributed by atoms with Crippen molar-refractivity contribution in [1.82, 2.24) is 0 Å². The Bertz CT molecular complexity index is 821. The molecule has 0 saturated carbocycles. The second-order valence-corrected chi connectivity index (χ2v) is 33.7. The molecule has 2 aliphatic carbocycles. The summed E-state index contributed by atoms with van der Waals surface area (Å²) in [5, 5.41) is 3.28. The Morgan fingerprint density at radius 2 is 0.861 bits per heavy atom. The van der Waals surface area contributed by atoms with E-state index in [1.165, 1.54) is 0 Å². The molecule has 0 aromatic heterocycles. The molecule has 0 saturated heterocycles. The zero-order valence-corrected chi connectivity index (χ0v) is 35.0. The fourth-order valence-electron chi connectivity index (χ4n) is 6.38. The van der Waals surface area contributed by atoms with E-state index in [1.54, 1.807) is 21.5 Å². The molecule has 2 atom stereocenters. The highest BCUT2D eigenvalue weighted by atomic mass is 28.4. The Morgan fingerprint density at radius 1 is 0.556 bits per heavy atom. The Hall–Kier alpha value is 0.535. The SMILES string of the molecule is C[SiH2]O[Si](C)(C)C1=C(CCC2=C([Si](C)(C)O[SiH2]C)C([Si](C)(C)O[SiH2]C)C=C2)C=CC1[Si](C)(C)O[SiH2]C. The monoisotopic (exact) mass is 630 g/mol. The summed E-state index contributed by atoms with van der Waals surface area (Å²) in [6.07, 6.45) is 12.1. The number of allylic oxidation sites excluding steroid dienone is 8. The minimum atomic E-state index is -1.94. The Balaban J connectivity index is 2.49. The summed E-state index contributed by atoms with van der Waals surface area (Å²) in [7, 11) is -9.33. The molecule has 0 N–H and O–H groups in total. The molecule has 0 aromatic carbocycles. The van der Waals surface area contributed by atoms with Crippen molar-refractivity contribution in [2.24, 2.45) is 0 Å². The van der Waals surface area contributed by atoms with E-state index >= 15 is 0 Å². The molecule has 2 rings (SSSR count). The maximum atomic E-state index is 6.63. The Labute approximate surface area is 236 Å². The second-order valence-electron chi connectivity index (χ2n) is 12.0. The fourth-order valence-corrected chi connectivity index (χ4v) is 31.5. The predicted molar refractivity (Wildman–Crippen MR) is 181 cm³/mol. The highest BCUT2D eigenvalue weighted by molar-refractivity contribution is 6.88. The molecule has 0 fully saturated rings. The summed E-state index contributed by atoms with van der Waals surface area (Å²) in [4.78, 5) is 0. The summed E-state index contributed by atoms with van der Waals surface area (Å²) < 4.78 is 26.3. The van der Waals surface area contributed by atoms with Crippen LogP contribution >= 0.6 is 0 Å². The van der Waals surface area contributed by atoms with Crippen LogP contribution in [0.15, 0.2) is 45.8 Å². The van der Waals surface area contributed by atoms with Crippen molar-refractivity contribution in [3.05, 3.63) is 45.8 Å². The molecular weight excluding hydrogens is 577 g/mol. The Kier molecular flexibility index (Phi) is 12.1. The first-order valence-corrected chi connectivity index (χ1v) is 33.8. The van der Waals surface area contributed by atoms with E-state index in [2.05, 4.69) is 103 Å². The summed E-state index contributed by atoms with van der Waals surface area (Å²) >= 11 is 0. The van der Waals surface area contributed by atoms with E-state index in [9.17, 15) is 0 Å². The number of hydrogen-bond acceptors (Lipinski definition) is 4. The number of rotatable bonds is 15. The predicted octanol–water partition coefficient (Wildman–Crippen LogP) is 4.73. The van der Waals surface area contributed by atoms with E-state index in [0.29, 0.717) is 11.1 Å². The van der Waals surface area contributed by atoms with Gasteiger partial charge in [-0.15, -0.1) is 0 Å². The standard InChI is InChI=1S/C24H54O4Si8/c1-29-25-33(5,6)21-17-15-19(23(21)35(9,10)27-31-3)13-14-20-16-18-22(34(7,8)26-30-2)24(20)36(11,12)28-32-4/h15-18,21-22H,13-14,29-32H2,1-12H3. The van der Waals surface area contributed by atoms with Crippen LogP contribution in [0.4, 0.5) is 0 Å². The summed E-state index contributed by atoms with van der Waals surface area (Å²) in [6, 6.07) is 0. The molecule has 0 radical (unpaired) electrons. The molecule has 4 nitrogen and oxygen atoms in total. The topological polar surface area (TPSA) is 36.9 Å². The molecule has 0 aliphatic heterocycles. The van der Waals surface area contributed by atoms with Crippen molar-refractivity contribution >= 4 is 72.3 Å². The van der Waals surface area contributed by atoms with Crippen molar-refractivity contribution in [3.8, 4) is 0 Å². The first kappa shape index (κ1) is 32.7. The van der Waals surface area contributed by atoms with Gasteiger partial charge in [0.05, 0.1) is 0 Å². The fraction of sp³-hybridized carbons (Fsp3) is 0.667. The van der Waals surface area contributed by atoms with Crippen LogP contribution in [-0.4, -0.2) is 72.3 Å². The molecule has 0 bridgehead atoms. The van der Waals surface area contributed by atoms with Gasteiger partial charge in [-0.2, -0.15) is 0 Å². The van der Waals surface area contributed by atoms with Gasteiger partial charge in [0.2, 0.25) is 16.6 Å². The van der Waals surface area contributed by atoms with Crippen LogP contribution in [0.3, 0.4) is 0 Å². The maximum Gasteiger partial charge on any atom is 0.202 e. The molecule has 12 heteroatoms. The van der Waals surface area contributed by atoms with E-state index < -0.39 is 72.3 Å². The zero-order chi connectivity index (χ0) is 27.4. The summed E-state index contributed by atoms with van der Waals surface area (Å²) in [5.74, 6) is 0. The maximum absolute atomic E-state index is 6.63. The van der Waals surface area contributed by atoms with Gasteiger partial charge in [0, 0.05) is 11.1 Å². The molecule has 2 unspecified atom stereocenters. The number of hydrogen-bond donors (Lipinski definition) is 0. The van der Waals surface area contributed by atoms with Gasteiger partial charge in [-0.05, 0) is 75.6 Å². The summed E-state index contributed by atoms with van der Waals surface area (Å²) in [6.45, 7) is 28.5.